The zero-order valence-electron chi connectivity index (χ0n) is 12.4. The molecule has 1 atom stereocenters. The van der Waals surface area contributed by atoms with Crippen LogP contribution in [0.25, 0.3) is 0 Å². The molecule has 1 heterocycles. The quantitative estimate of drug-likeness (QED) is 0.724. The van der Waals surface area contributed by atoms with Gasteiger partial charge in [0.15, 0.2) is 0 Å². The average molecular weight is 255 g/mol. The molecule has 104 valence electrons. The first-order valence-electron chi connectivity index (χ1n) is 6.50. The van der Waals surface area contributed by atoms with Gasteiger partial charge >= 0.3 is 0 Å². The van der Waals surface area contributed by atoms with E-state index in [1.165, 1.54) is 4.90 Å². The molecule has 18 heavy (non-hydrogen) atoms. The van der Waals surface area contributed by atoms with Crippen LogP contribution in [0.1, 0.15) is 48.0 Å². The third-order valence-corrected chi connectivity index (χ3v) is 2.95. The number of likely N-dealkylation sites (tertiary alicyclic amines) is 1. The molecule has 0 aromatic rings. The van der Waals surface area contributed by atoms with E-state index < -0.39 is 0 Å². The third-order valence-electron chi connectivity index (χ3n) is 2.95. The van der Waals surface area contributed by atoms with Crippen LogP contribution in [-0.2, 0) is 14.3 Å². The summed E-state index contributed by atoms with van der Waals surface area (Å²) in [5.74, 6) is -0.281. The number of carbonyl (C=O) groups is 2. The van der Waals surface area contributed by atoms with E-state index in [9.17, 15) is 9.59 Å². The molecule has 1 saturated heterocycles. The molecule has 0 aromatic heterocycles. The first-order valence-corrected chi connectivity index (χ1v) is 6.50. The minimum absolute atomic E-state index is 0.0520. The highest BCUT2D eigenvalue weighted by Crippen LogP contribution is 2.26. The fourth-order valence-electron chi connectivity index (χ4n) is 1.90. The molecule has 1 rings (SSSR count). The van der Waals surface area contributed by atoms with E-state index in [1.807, 2.05) is 34.6 Å². The van der Waals surface area contributed by atoms with Gasteiger partial charge in [-0.05, 0) is 20.8 Å². The maximum absolute atomic E-state index is 11.9. The second-order valence-electron chi connectivity index (χ2n) is 6.99. The number of carbonyl (C=O) groups excluding carboxylic acids is 2. The Balaban J connectivity index is 2.60. The summed E-state index contributed by atoms with van der Waals surface area (Å²) in [7, 11) is 0. The lowest BCUT2D eigenvalue weighted by atomic mass is 9.93. The predicted octanol–water partition coefficient (Wildman–Crippen LogP) is 2.22. The van der Waals surface area contributed by atoms with Crippen LogP contribution in [0.5, 0.6) is 0 Å². The number of rotatable bonds is 4. The number of hydrogen-bond acceptors (Lipinski definition) is 3. The second kappa shape index (κ2) is 5.00. The Morgan fingerprint density at radius 1 is 1.22 bits per heavy atom. The van der Waals surface area contributed by atoms with Gasteiger partial charge in [-0.2, -0.15) is 0 Å². The largest absolute Gasteiger partial charge is 0.375 e. The third kappa shape index (κ3) is 4.09. The number of hydrogen-bond donors (Lipinski definition) is 0. The fraction of sp³-hybridized carbons (Fsp3) is 0.857. The van der Waals surface area contributed by atoms with Crippen LogP contribution in [0, 0.1) is 11.3 Å². The molecule has 0 N–H and O–H groups in total. The Hall–Kier alpha value is -0.900. The number of ether oxygens (including phenoxy) is 1. The van der Waals surface area contributed by atoms with Crippen LogP contribution in [0.15, 0.2) is 0 Å². The molecule has 1 fully saturated rings. The molecule has 1 aliphatic rings. The van der Waals surface area contributed by atoms with E-state index in [-0.39, 0.29) is 28.7 Å². The van der Waals surface area contributed by atoms with Crippen molar-refractivity contribution >= 4 is 11.8 Å². The molecule has 0 aromatic carbocycles. The van der Waals surface area contributed by atoms with E-state index in [0.717, 1.165) is 0 Å². The Labute approximate surface area is 110 Å². The average Bonchev–Trinajstić information content (AvgIpc) is 2.41. The van der Waals surface area contributed by atoms with Crippen molar-refractivity contribution in [2.24, 2.45) is 11.3 Å². The molecule has 0 radical (unpaired) electrons. The van der Waals surface area contributed by atoms with Gasteiger partial charge in [-0.1, -0.05) is 20.8 Å². The predicted molar refractivity (Wildman–Crippen MR) is 70.0 cm³/mol. The van der Waals surface area contributed by atoms with Crippen molar-refractivity contribution in [3.8, 4) is 0 Å². The van der Waals surface area contributed by atoms with Gasteiger partial charge in [0.1, 0.15) is 0 Å². The SMILES string of the molecule is CC1CC(=O)N(CC(C)(C)COC(C)(C)C)C1=O. The van der Waals surface area contributed by atoms with Crippen LogP contribution in [0.4, 0.5) is 0 Å². The van der Waals surface area contributed by atoms with E-state index in [4.69, 9.17) is 4.74 Å². The van der Waals surface area contributed by atoms with Gasteiger partial charge in [-0.3, -0.25) is 14.5 Å². The van der Waals surface area contributed by atoms with Crippen molar-refractivity contribution < 1.29 is 14.3 Å². The minimum atomic E-state index is -0.220. The maximum atomic E-state index is 11.9. The van der Waals surface area contributed by atoms with Crippen LogP contribution in [0.3, 0.4) is 0 Å². The van der Waals surface area contributed by atoms with Crippen LogP contribution in [0.2, 0.25) is 0 Å². The first-order chi connectivity index (χ1) is 8.02. The van der Waals surface area contributed by atoms with Gasteiger partial charge in [0, 0.05) is 24.3 Å². The summed E-state index contributed by atoms with van der Waals surface area (Å²) in [4.78, 5) is 25.0. The van der Waals surface area contributed by atoms with Crippen molar-refractivity contribution in [1.82, 2.24) is 4.90 Å². The van der Waals surface area contributed by atoms with E-state index in [2.05, 4.69) is 0 Å². The van der Waals surface area contributed by atoms with E-state index in [1.54, 1.807) is 6.92 Å². The van der Waals surface area contributed by atoms with Gasteiger partial charge in [0.2, 0.25) is 11.8 Å². The minimum Gasteiger partial charge on any atom is -0.375 e. The lowest BCUT2D eigenvalue weighted by Gasteiger charge is -2.32. The number of amides is 2. The van der Waals surface area contributed by atoms with E-state index >= 15 is 0 Å². The highest BCUT2D eigenvalue weighted by Gasteiger charge is 2.38. The molecule has 0 spiro atoms. The summed E-state index contributed by atoms with van der Waals surface area (Å²) in [5.41, 5.74) is -0.424. The number of imide groups is 1. The normalized spacial score (nSPS) is 21.9. The zero-order valence-corrected chi connectivity index (χ0v) is 12.4. The molecular weight excluding hydrogens is 230 g/mol. The standard InChI is InChI=1S/C14H25NO3/c1-10-7-11(16)15(12(10)17)8-14(5,6)9-18-13(2,3)4/h10H,7-9H2,1-6H3. The van der Waals surface area contributed by atoms with Gasteiger partial charge in [-0.15, -0.1) is 0 Å². The topological polar surface area (TPSA) is 46.6 Å². The molecule has 4 heteroatoms. The van der Waals surface area contributed by atoms with Crippen LogP contribution < -0.4 is 0 Å². The fourth-order valence-corrected chi connectivity index (χ4v) is 1.90. The monoisotopic (exact) mass is 255 g/mol. The summed E-state index contributed by atoms with van der Waals surface area (Å²) < 4.78 is 5.75. The van der Waals surface area contributed by atoms with Crippen LogP contribution >= 0.6 is 0 Å². The lowest BCUT2D eigenvalue weighted by Crippen LogP contribution is -2.41. The van der Waals surface area contributed by atoms with Crippen molar-refractivity contribution in [2.75, 3.05) is 13.2 Å². The van der Waals surface area contributed by atoms with E-state index in [0.29, 0.717) is 19.6 Å². The molecule has 4 nitrogen and oxygen atoms in total. The summed E-state index contributed by atoms with van der Waals surface area (Å²) >= 11 is 0. The van der Waals surface area contributed by atoms with Crippen molar-refractivity contribution in [3.05, 3.63) is 0 Å². The molecule has 1 aliphatic heterocycles. The summed E-state index contributed by atoms with van der Waals surface area (Å²) in [6, 6.07) is 0. The van der Waals surface area contributed by atoms with Crippen molar-refractivity contribution in [3.63, 3.8) is 0 Å². The molecule has 0 bridgehead atoms. The van der Waals surface area contributed by atoms with Crippen molar-refractivity contribution in [1.29, 1.82) is 0 Å². The van der Waals surface area contributed by atoms with Gasteiger partial charge in [0.05, 0.1) is 12.2 Å². The summed E-state index contributed by atoms with van der Waals surface area (Å²) in [6.45, 7) is 12.8. The van der Waals surface area contributed by atoms with Gasteiger partial charge in [-0.25, -0.2) is 0 Å². The molecule has 1 unspecified atom stereocenters. The maximum Gasteiger partial charge on any atom is 0.232 e. The lowest BCUT2D eigenvalue weighted by molar-refractivity contribution is -0.142. The molecule has 2 amide bonds. The first kappa shape index (κ1) is 15.2. The van der Waals surface area contributed by atoms with Crippen molar-refractivity contribution in [2.45, 2.75) is 53.6 Å². The smallest absolute Gasteiger partial charge is 0.232 e. The van der Waals surface area contributed by atoms with Crippen LogP contribution in [-0.4, -0.2) is 35.5 Å². The molecular formula is C14H25NO3. The highest BCUT2D eigenvalue weighted by molar-refractivity contribution is 6.03. The second-order valence-corrected chi connectivity index (χ2v) is 6.99. The Morgan fingerprint density at radius 3 is 2.17 bits per heavy atom. The molecule has 0 saturated carbocycles. The number of nitrogens with zero attached hydrogens (tertiary/aromatic N) is 1. The Bertz CT molecular complexity index is 341. The van der Waals surface area contributed by atoms with Gasteiger partial charge < -0.3 is 4.74 Å². The van der Waals surface area contributed by atoms with Gasteiger partial charge in [0.25, 0.3) is 0 Å². The highest BCUT2D eigenvalue weighted by atomic mass is 16.5. The Kier molecular flexibility index (Phi) is 4.21. The Morgan fingerprint density at radius 2 is 1.78 bits per heavy atom. The molecule has 0 aliphatic carbocycles. The summed E-state index contributed by atoms with van der Waals surface area (Å²) in [5, 5.41) is 0. The zero-order chi connectivity index (χ0) is 14.1. The summed E-state index contributed by atoms with van der Waals surface area (Å²) in [6.07, 6.45) is 0.342.